The van der Waals surface area contributed by atoms with Crippen molar-refractivity contribution >= 4 is 22.3 Å². The maximum absolute atomic E-state index is 6.09. The number of H-pyrrole nitrogens is 1. The van der Waals surface area contributed by atoms with Crippen molar-refractivity contribution in [1.29, 1.82) is 0 Å². The molecule has 3 rings (SSSR count). The van der Waals surface area contributed by atoms with E-state index in [9.17, 15) is 0 Å². The summed E-state index contributed by atoms with van der Waals surface area (Å²) < 4.78 is 0. The predicted molar refractivity (Wildman–Crippen MR) is 83.9 cm³/mol. The van der Waals surface area contributed by atoms with Gasteiger partial charge in [0.1, 0.15) is 0 Å². The summed E-state index contributed by atoms with van der Waals surface area (Å²) >= 11 is 0. The van der Waals surface area contributed by atoms with Gasteiger partial charge in [0.2, 0.25) is 0 Å². The molecule has 2 aromatic rings. The van der Waals surface area contributed by atoms with Crippen molar-refractivity contribution in [3.63, 3.8) is 0 Å². The Balaban J connectivity index is 1.65. The van der Waals surface area contributed by atoms with E-state index in [1.807, 2.05) is 12.1 Å². The third-order valence-electron chi connectivity index (χ3n) is 4.21. The molecular weight excluding hydrogens is 250 g/mol. The van der Waals surface area contributed by atoms with Crippen molar-refractivity contribution < 1.29 is 0 Å². The van der Waals surface area contributed by atoms with Crippen LogP contribution in [0.15, 0.2) is 18.3 Å². The van der Waals surface area contributed by atoms with Crippen molar-refractivity contribution in [2.24, 2.45) is 0 Å². The van der Waals surface area contributed by atoms with Crippen molar-refractivity contribution in [3.8, 4) is 0 Å². The summed E-state index contributed by atoms with van der Waals surface area (Å²) in [6.07, 6.45) is 5.82. The molecule has 1 unspecified atom stereocenters. The predicted octanol–water partition coefficient (Wildman–Crippen LogP) is 2.43. The maximum Gasteiger partial charge on any atom is 0.0672 e. The third kappa shape index (κ3) is 2.72. The van der Waals surface area contributed by atoms with Crippen molar-refractivity contribution in [1.82, 2.24) is 15.1 Å². The Morgan fingerprint density at radius 3 is 2.95 bits per heavy atom. The molecule has 1 atom stereocenters. The SMILES string of the molecule is CC(CNc1cc2[nH]ncc2cc1N)N1CCCCC1. The first-order chi connectivity index (χ1) is 9.74. The van der Waals surface area contributed by atoms with Crippen LogP contribution >= 0.6 is 0 Å². The van der Waals surface area contributed by atoms with Gasteiger partial charge in [0.05, 0.1) is 23.1 Å². The van der Waals surface area contributed by atoms with E-state index in [0.29, 0.717) is 6.04 Å². The number of nitrogen functional groups attached to an aromatic ring is 1. The lowest BCUT2D eigenvalue weighted by molar-refractivity contribution is 0.180. The molecule has 1 saturated heterocycles. The lowest BCUT2D eigenvalue weighted by Crippen LogP contribution is -2.41. The molecule has 0 bridgehead atoms. The van der Waals surface area contributed by atoms with Gasteiger partial charge in [-0.25, -0.2) is 0 Å². The van der Waals surface area contributed by atoms with E-state index in [1.54, 1.807) is 6.20 Å². The summed E-state index contributed by atoms with van der Waals surface area (Å²) in [4.78, 5) is 2.56. The first-order valence-corrected chi connectivity index (χ1v) is 7.44. The largest absolute Gasteiger partial charge is 0.397 e. The molecule has 108 valence electrons. The van der Waals surface area contributed by atoms with Crippen LogP contribution in [0.5, 0.6) is 0 Å². The van der Waals surface area contributed by atoms with E-state index in [-0.39, 0.29) is 0 Å². The fraction of sp³-hybridized carbons (Fsp3) is 0.533. The second-order valence-electron chi connectivity index (χ2n) is 5.72. The van der Waals surface area contributed by atoms with Crippen LogP contribution in [0.4, 0.5) is 11.4 Å². The summed E-state index contributed by atoms with van der Waals surface area (Å²) in [6.45, 7) is 5.64. The quantitative estimate of drug-likeness (QED) is 0.748. The Hall–Kier alpha value is -1.75. The number of benzene rings is 1. The van der Waals surface area contributed by atoms with E-state index in [1.165, 1.54) is 32.4 Å². The second-order valence-corrected chi connectivity index (χ2v) is 5.72. The number of aromatic nitrogens is 2. The molecule has 1 aromatic carbocycles. The average molecular weight is 273 g/mol. The highest BCUT2D eigenvalue weighted by Crippen LogP contribution is 2.24. The Morgan fingerprint density at radius 2 is 2.15 bits per heavy atom. The summed E-state index contributed by atoms with van der Waals surface area (Å²) in [7, 11) is 0. The molecule has 0 saturated carbocycles. The number of aromatic amines is 1. The van der Waals surface area contributed by atoms with Gasteiger partial charge in [-0.1, -0.05) is 6.42 Å². The van der Waals surface area contributed by atoms with Gasteiger partial charge in [-0.2, -0.15) is 5.10 Å². The molecule has 0 spiro atoms. The van der Waals surface area contributed by atoms with E-state index >= 15 is 0 Å². The molecule has 1 fully saturated rings. The number of piperidine rings is 1. The molecule has 1 aromatic heterocycles. The van der Waals surface area contributed by atoms with Crippen molar-refractivity contribution in [3.05, 3.63) is 18.3 Å². The number of hydrogen-bond acceptors (Lipinski definition) is 4. The Bertz CT molecular complexity index is 571. The molecule has 0 aliphatic carbocycles. The smallest absolute Gasteiger partial charge is 0.0672 e. The van der Waals surface area contributed by atoms with Crippen molar-refractivity contribution in [2.75, 3.05) is 30.7 Å². The fourth-order valence-corrected chi connectivity index (χ4v) is 2.91. The molecule has 0 amide bonds. The summed E-state index contributed by atoms with van der Waals surface area (Å²) in [6, 6.07) is 4.54. The number of hydrogen-bond donors (Lipinski definition) is 3. The fourth-order valence-electron chi connectivity index (χ4n) is 2.91. The first kappa shape index (κ1) is 13.2. The van der Waals surface area contributed by atoms with Gasteiger partial charge in [0.25, 0.3) is 0 Å². The second kappa shape index (κ2) is 5.71. The third-order valence-corrected chi connectivity index (χ3v) is 4.21. The van der Waals surface area contributed by atoms with Gasteiger partial charge < -0.3 is 11.1 Å². The van der Waals surface area contributed by atoms with Gasteiger partial charge in [-0.3, -0.25) is 10.00 Å². The maximum atomic E-state index is 6.09. The summed E-state index contributed by atoms with van der Waals surface area (Å²) in [5, 5.41) is 11.5. The van der Waals surface area contributed by atoms with Crippen LogP contribution in [0.25, 0.3) is 10.9 Å². The number of rotatable bonds is 4. The van der Waals surface area contributed by atoms with Crippen LogP contribution in [0.1, 0.15) is 26.2 Å². The van der Waals surface area contributed by atoms with Crippen LogP contribution in [0.2, 0.25) is 0 Å². The van der Waals surface area contributed by atoms with E-state index in [0.717, 1.165) is 28.8 Å². The van der Waals surface area contributed by atoms with Crippen LogP contribution in [-0.2, 0) is 0 Å². The molecule has 0 radical (unpaired) electrons. The Morgan fingerprint density at radius 1 is 1.35 bits per heavy atom. The molecule has 1 aliphatic rings. The molecule has 5 heteroatoms. The number of fused-ring (bicyclic) bond motifs is 1. The van der Waals surface area contributed by atoms with Crippen molar-refractivity contribution in [2.45, 2.75) is 32.2 Å². The first-order valence-electron chi connectivity index (χ1n) is 7.44. The number of likely N-dealkylation sites (tertiary alicyclic amines) is 1. The Labute approximate surface area is 119 Å². The molecule has 2 heterocycles. The number of anilines is 2. The highest BCUT2D eigenvalue weighted by Gasteiger charge is 2.16. The highest BCUT2D eigenvalue weighted by atomic mass is 15.2. The van der Waals surface area contributed by atoms with Crippen LogP contribution in [0, 0.1) is 0 Å². The normalized spacial score (nSPS) is 18.2. The minimum Gasteiger partial charge on any atom is -0.397 e. The number of nitrogens with one attached hydrogen (secondary N) is 2. The monoisotopic (exact) mass is 273 g/mol. The lowest BCUT2D eigenvalue weighted by atomic mass is 10.1. The molecular formula is C15H23N5. The highest BCUT2D eigenvalue weighted by molar-refractivity contribution is 5.88. The van der Waals surface area contributed by atoms with E-state index in [2.05, 4.69) is 27.3 Å². The van der Waals surface area contributed by atoms with E-state index in [4.69, 9.17) is 5.73 Å². The minimum atomic E-state index is 0.534. The number of nitrogens with zero attached hydrogens (tertiary/aromatic N) is 2. The topological polar surface area (TPSA) is 70.0 Å². The Kier molecular flexibility index (Phi) is 3.78. The van der Waals surface area contributed by atoms with Crippen LogP contribution in [0.3, 0.4) is 0 Å². The summed E-state index contributed by atoms with van der Waals surface area (Å²) in [5.74, 6) is 0. The van der Waals surface area contributed by atoms with E-state index < -0.39 is 0 Å². The molecule has 20 heavy (non-hydrogen) atoms. The average Bonchev–Trinajstić information content (AvgIpc) is 2.92. The van der Waals surface area contributed by atoms with Gasteiger partial charge >= 0.3 is 0 Å². The van der Waals surface area contributed by atoms with Gasteiger partial charge in [-0.15, -0.1) is 0 Å². The molecule has 5 nitrogen and oxygen atoms in total. The minimum absolute atomic E-state index is 0.534. The zero-order chi connectivity index (χ0) is 13.9. The standard InChI is InChI=1S/C15H23N5/c1-11(20-5-3-2-4-6-20)9-17-15-8-14-12(7-13(15)16)10-18-19-14/h7-8,10-11,17H,2-6,9,16H2,1H3,(H,18,19). The lowest BCUT2D eigenvalue weighted by Gasteiger charge is -2.32. The molecule has 4 N–H and O–H groups in total. The summed E-state index contributed by atoms with van der Waals surface area (Å²) in [5.41, 5.74) is 8.89. The van der Waals surface area contributed by atoms with Gasteiger partial charge in [-0.05, 0) is 45.0 Å². The zero-order valence-corrected chi connectivity index (χ0v) is 12.0. The molecule has 1 aliphatic heterocycles. The van der Waals surface area contributed by atoms with Crippen LogP contribution in [-0.4, -0.2) is 40.8 Å². The van der Waals surface area contributed by atoms with Gasteiger partial charge in [0, 0.05) is 18.0 Å². The van der Waals surface area contributed by atoms with Gasteiger partial charge in [0.15, 0.2) is 0 Å². The zero-order valence-electron chi connectivity index (χ0n) is 12.0. The number of nitrogens with two attached hydrogens (primary N) is 1. The van der Waals surface area contributed by atoms with Crippen LogP contribution < -0.4 is 11.1 Å².